The molecule has 1 aromatic rings. The van der Waals surface area contributed by atoms with Crippen LogP contribution in [0.5, 0.6) is 5.75 Å². The van der Waals surface area contributed by atoms with E-state index in [9.17, 15) is 18.0 Å². The van der Waals surface area contributed by atoms with Crippen molar-refractivity contribution in [2.24, 2.45) is 0 Å². The number of benzene rings is 1. The minimum absolute atomic E-state index is 0.0533. The van der Waals surface area contributed by atoms with Crippen LogP contribution >= 0.6 is 0 Å². The molecule has 1 heterocycles. The van der Waals surface area contributed by atoms with Crippen LogP contribution in [0.1, 0.15) is 33.6 Å². The standard InChI is InChI=1S/C20H31N3O6S/c1-20(2,3)29-19(25)21-11-5-6-18(24)22-12-14-23(15-13-22)30(26,27)17-9-7-16(28-4)8-10-17/h7-10H,5-6,11-15H2,1-4H3,(H,21,25). The molecule has 0 spiro atoms. The number of hydrogen-bond donors (Lipinski definition) is 1. The molecule has 1 aromatic carbocycles. The van der Waals surface area contributed by atoms with E-state index < -0.39 is 21.7 Å². The Morgan fingerprint density at radius 3 is 2.20 bits per heavy atom. The van der Waals surface area contributed by atoms with Crippen LogP contribution in [0.25, 0.3) is 0 Å². The Morgan fingerprint density at radius 2 is 1.67 bits per heavy atom. The third kappa shape index (κ3) is 6.88. The highest BCUT2D eigenvalue weighted by atomic mass is 32.2. The molecule has 0 unspecified atom stereocenters. The fraction of sp³-hybridized carbons (Fsp3) is 0.600. The van der Waals surface area contributed by atoms with Gasteiger partial charge in [0.15, 0.2) is 0 Å². The van der Waals surface area contributed by atoms with Crippen molar-refractivity contribution in [1.82, 2.24) is 14.5 Å². The fourth-order valence-electron chi connectivity index (χ4n) is 2.98. The van der Waals surface area contributed by atoms with Gasteiger partial charge in [-0.25, -0.2) is 13.2 Å². The Kier molecular flexibility index (Phi) is 8.08. The molecule has 30 heavy (non-hydrogen) atoms. The summed E-state index contributed by atoms with van der Waals surface area (Å²) < 4.78 is 37.1. The first kappa shape index (κ1) is 23.9. The van der Waals surface area contributed by atoms with E-state index in [0.717, 1.165) is 0 Å². The molecular weight excluding hydrogens is 410 g/mol. The van der Waals surface area contributed by atoms with Crippen LogP contribution in [0.2, 0.25) is 0 Å². The summed E-state index contributed by atoms with van der Waals surface area (Å²) in [5, 5.41) is 2.62. The predicted octanol–water partition coefficient (Wildman–Crippen LogP) is 1.83. The monoisotopic (exact) mass is 441 g/mol. The number of ether oxygens (including phenoxy) is 2. The summed E-state index contributed by atoms with van der Waals surface area (Å²) in [6.45, 7) is 6.86. The molecule has 0 radical (unpaired) electrons. The minimum Gasteiger partial charge on any atom is -0.497 e. The summed E-state index contributed by atoms with van der Waals surface area (Å²) in [5.41, 5.74) is -0.564. The summed E-state index contributed by atoms with van der Waals surface area (Å²) in [6, 6.07) is 6.25. The summed E-state index contributed by atoms with van der Waals surface area (Å²) >= 11 is 0. The van der Waals surface area contributed by atoms with Crippen molar-refractivity contribution in [3.8, 4) is 5.75 Å². The second-order valence-corrected chi connectivity index (χ2v) is 9.93. The third-order valence-corrected chi connectivity index (χ3v) is 6.44. The van der Waals surface area contributed by atoms with E-state index in [1.165, 1.54) is 23.5 Å². The summed E-state index contributed by atoms with van der Waals surface area (Å²) in [4.78, 5) is 25.8. The third-order valence-electron chi connectivity index (χ3n) is 4.52. The van der Waals surface area contributed by atoms with Gasteiger partial charge < -0.3 is 19.7 Å². The second kappa shape index (κ2) is 10.1. The number of sulfonamides is 1. The van der Waals surface area contributed by atoms with Crippen molar-refractivity contribution in [1.29, 1.82) is 0 Å². The van der Waals surface area contributed by atoms with Gasteiger partial charge in [-0.3, -0.25) is 4.79 Å². The molecule has 9 nitrogen and oxygen atoms in total. The lowest BCUT2D eigenvalue weighted by molar-refractivity contribution is -0.132. The van der Waals surface area contributed by atoms with E-state index in [1.54, 1.807) is 37.8 Å². The zero-order chi connectivity index (χ0) is 22.4. The van der Waals surface area contributed by atoms with Crippen molar-refractivity contribution in [3.05, 3.63) is 24.3 Å². The van der Waals surface area contributed by atoms with Gasteiger partial charge in [-0.2, -0.15) is 4.31 Å². The predicted molar refractivity (Wildman–Crippen MR) is 112 cm³/mol. The maximum absolute atomic E-state index is 12.8. The van der Waals surface area contributed by atoms with Gasteiger partial charge in [0.2, 0.25) is 15.9 Å². The number of piperazine rings is 1. The van der Waals surface area contributed by atoms with Crippen molar-refractivity contribution in [2.75, 3.05) is 39.8 Å². The average molecular weight is 442 g/mol. The van der Waals surface area contributed by atoms with Gasteiger partial charge >= 0.3 is 6.09 Å². The van der Waals surface area contributed by atoms with E-state index >= 15 is 0 Å². The lowest BCUT2D eigenvalue weighted by Crippen LogP contribution is -2.50. The zero-order valence-electron chi connectivity index (χ0n) is 18.0. The van der Waals surface area contributed by atoms with Gasteiger partial charge in [0.05, 0.1) is 12.0 Å². The molecule has 1 fully saturated rings. The number of methoxy groups -OCH3 is 1. The van der Waals surface area contributed by atoms with E-state index in [1.807, 2.05) is 0 Å². The van der Waals surface area contributed by atoms with E-state index in [4.69, 9.17) is 9.47 Å². The van der Waals surface area contributed by atoms with Crippen molar-refractivity contribution in [3.63, 3.8) is 0 Å². The zero-order valence-corrected chi connectivity index (χ0v) is 18.8. The lowest BCUT2D eigenvalue weighted by atomic mass is 10.2. The van der Waals surface area contributed by atoms with Crippen molar-refractivity contribution < 1.29 is 27.5 Å². The molecule has 0 atom stereocenters. The molecule has 1 aliphatic rings. The highest BCUT2D eigenvalue weighted by Gasteiger charge is 2.30. The molecule has 1 N–H and O–H groups in total. The van der Waals surface area contributed by atoms with E-state index in [-0.39, 0.29) is 30.3 Å². The smallest absolute Gasteiger partial charge is 0.407 e. The molecule has 0 aliphatic carbocycles. The van der Waals surface area contributed by atoms with Crippen LogP contribution in [0, 0.1) is 0 Å². The number of hydrogen-bond acceptors (Lipinski definition) is 6. The SMILES string of the molecule is COc1ccc(S(=O)(=O)N2CCN(C(=O)CCCNC(=O)OC(C)(C)C)CC2)cc1. The van der Waals surface area contributed by atoms with Crippen LogP contribution in [0.15, 0.2) is 29.2 Å². The van der Waals surface area contributed by atoms with Gasteiger partial charge in [-0.1, -0.05) is 0 Å². The molecule has 0 bridgehead atoms. The first-order valence-corrected chi connectivity index (χ1v) is 11.4. The molecule has 1 aliphatic heterocycles. The largest absolute Gasteiger partial charge is 0.497 e. The van der Waals surface area contributed by atoms with Crippen LogP contribution in [-0.2, 0) is 19.6 Å². The van der Waals surface area contributed by atoms with Crippen molar-refractivity contribution in [2.45, 2.75) is 44.1 Å². The maximum atomic E-state index is 12.8. The number of nitrogens with zero attached hydrogens (tertiary/aromatic N) is 2. The van der Waals surface area contributed by atoms with E-state index in [0.29, 0.717) is 31.8 Å². The molecular formula is C20H31N3O6S. The highest BCUT2D eigenvalue weighted by Crippen LogP contribution is 2.21. The molecule has 2 amide bonds. The number of amides is 2. The number of alkyl carbamates (subject to hydrolysis) is 1. The molecule has 1 saturated heterocycles. The van der Waals surface area contributed by atoms with Crippen molar-refractivity contribution >= 4 is 22.0 Å². The topological polar surface area (TPSA) is 105 Å². The summed E-state index contributed by atoms with van der Waals surface area (Å²) in [5.74, 6) is 0.535. The van der Waals surface area contributed by atoms with Gasteiger partial charge in [0.1, 0.15) is 11.4 Å². The van der Waals surface area contributed by atoms with E-state index in [2.05, 4.69) is 5.32 Å². The summed E-state index contributed by atoms with van der Waals surface area (Å²) in [6.07, 6.45) is 0.260. The fourth-order valence-corrected chi connectivity index (χ4v) is 4.40. The maximum Gasteiger partial charge on any atom is 0.407 e. The van der Waals surface area contributed by atoms with Gasteiger partial charge in [0, 0.05) is 39.1 Å². The van der Waals surface area contributed by atoms with Gasteiger partial charge in [-0.05, 0) is 51.5 Å². The van der Waals surface area contributed by atoms with Crippen LogP contribution in [0.4, 0.5) is 4.79 Å². The van der Waals surface area contributed by atoms with Crippen LogP contribution in [0.3, 0.4) is 0 Å². The number of carbonyl (C=O) groups is 2. The quantitative estimate of drug-likeness (QED) is 0.647. The first-order valence-electron chi connectivity index (χ1n) is 9.92. The molecule has 0 saturated carbocycles. The number of nitrogens with one attached hydrogen (secondary N) is 1. The molecule has 0 aromatic heterocycles. The molecule has 168 valence electrons. The average Bonchev–Trinajstić information content (AvgIpc) is 2.70. The van der Waals surface area contributed by atoms with Crippen LogP contribution in [-0.4, -0.2) is 75.1 Å². The Bertz CT molecular complexity index is 825. The normalized spacial score (nSPS) is 15.5. The molecule has 2 rings (SSSR count). The summed E-state index contributed by atoms with van der Waals surface area (Å²) in [7, 11) is -2.08. The van der Waals surface area contributed by atoms with Crippen LogP contribution < -0.4 is 10.1 Å². The number of rotatable bonds is 7. The Labute approximate surface area is 178 Å². The number of carbonyl (C=O) groups excluding carboxylic acids is 2. The van der Waals surface area contributed by atoms with Gasteiger partial charge in [-0.15, -0.1) is 0 Å². The first-order chi connectivity index (χ1) is 14.0. The minimum atomic E-state index is -3.60. The Balaban J connectivity index is 1.76. The highest BCUT2D eigenvalue weighted by molar-refractivity contribution is 7.89. The Hall–Kier alpha value is -2.33. The second-order valence-electron chi connectivity index (χ2n) is 7.99. The molecule has 10 heteroatoms. The van der Waals surface area contributed by atoms with Gasteiger partial charge in [0.25, 0.3) is 0 Å². The lowest BCUT2D eigenvalue weighted by Gasteiger charge is -2.34. The Morgan fingerprint density at radius 1 is 1.07 bits per heavy atom.